The molecule has 0 unspecified atom stereocenters. The monoisotopic (exact) mass is 219 g/mol. The number of aliphatic carboxylic acids is 1. The van der Waals surface area contributed by atoms with Gasteiger partial charge in [0.2, 0.25) is 0 Å². The van der Waals surface area contributed by atoms with Crippen LogP contribution in [0.2, 0.25) is 0 Å². The van der Waals surface area contributed by atoms with Crippen LogP contribution in [-0.4, -0.2) is 21.3 Å². The van der Waals surface area contributed by atoms with Crippen LogP contribution in [0.4, 0.5) is 0 Å². The zero-order valence-electron chi connectivity index (χ0n) is 8.25. The van der Waals surface area contributed by atoms with Crippen molar-refractivity contribution in [2.24, 2.45) is 0 Å². The molecule has 5 nitrogen and oxygen atoms in total. The van der Waals surface area contributed by atoms with Crippen molar-refractivity contribution in [3.8, 4) is 17.1 Å². The topological polar surface area (TPSA) is 83.6 Å². The first-order chi connectivity index (χ1) is 7.68. The molecule has 0 aliphatic carbocycles. The number of carboxylic acid groups (broad SMARTS) is 1. The largest absolute Gasteiger partial charge is 0.507 e. The Hall–Kier alpha value is -2.30. The van der Waals surface area contributed by atoms with Crippen molar-refractivity contribution < 1.29 is 19.5 Å². The first-order valence-corrected chi connectivity index (χ1v) is 4.62. The number of hydrogen-bond acceptors (Lipinski definition) is 4. The van der Waals surface area contributed by atoms with Gasteiger partial charge in [-0.1, -0.05) is 17.3 Å². The van der Waals surface area contributed by atoms with E-state index in [2.05, 4.69) is 5.16 Å². The molecule has 0 spiro atoms. The molecule has 1 heterocycles. The van der Waals surface area contributed by atoms with Crippen LogP contribution in [0.5, 0.6) is 5.75 Å². The molecule has 5 heteroatoms. The van der Waals surface area contributed by atoms with Crippen molar-refractivity contribution in [1.29, 1.82) is 0 Å². The number of rotatable bonds is 3. The lowest BCUT2D eigenvalue weighted by Crippen LogP contribution is -1.99. The number of hydrogen-bond donors (Lipinski definition) is 2. The minimum Gasteiger partial charge on any atom is -0.507 e. The number of phenols is 1. The van der Waals surface area contributed by atoms with Crippen LogP contribution in [0.25, 0.3) is 11.3 Å². The summed E-state index contributed by atoms with van der Waals surface area (Å²) in [6, 6.07) is 6.54. The number of aromatic hydroxyl groups is 1. The summed E-state index contributed by atoms with van der Waals surface area (Å²) < 4.78 is 4.96. The maximum Gasteiger partial charge on any atom is 0.308 e. The molecule has 0 saturated carbocycles. The van der Waals surface area contributed by atoms with Crippen molar-refractivity contribution >= 4 is 5.97 Å². The maximum atomic E-state index is 10.6. The quantitative estimate of drug-likeness (QED) is 0.820. The van der Waals surface area contributed by atoms with E-state index in [1.165, 1.54) is 12.3 Å². The van der Waals surface area contributed by atoms with Gasteiger partial charge < -0.3 is 14.7 Å². The lowest BCUT2D eigenvalue weighted by molar-refractivity contribution is -0.136. The van der Waals surface area contributed by atoms with Crippen LogP contribution in [0.15, 0.2) is 35.0 Å². The fourth-order valence-electron chi connectivity index (χ4n) is 1.44. The third kappa shape index (κ3) is 1.88. The highest BCUT2D eigenvalue weighted by Crippen LogP contribution is 2.31. The van der Waals surface area contributed by atoms with Gasteiger partial charge in [-0.15, -0.1) is 0 Å². The number of phenolic OH excluding ortho intramolecular Hbond substituents is 1. The SMILES string of the molecule is O=C(O)Cc1cnoc1-c1ccccc1O. The summed E-state index contributed by atoms with van der Waals surface area (Å²) in [6.45, 7) is 0. The van der Waals surface area contributed by atoms with E-state index in [4.69, 9.17) is 9.63 Å². The Morgan fingerprint density at radius 3 is 2.81 bits per heavy atom. The molecular weight excluding hydrogens is 210 g/mol. The Balaban J connectivity index is 2.45. The Bertz CT molecular complexity index is 518. The summed E-state index contributed by atoms with van der Waals surface area (Å²) in [4.78, 5) is 10.6. The molecule has 0 saturated heterocycles. The highest BCUT2D eigenvalue weighted by atomic mass is 16.5. The van der Waals surface area contributed by atoms with Gasteiger partial charge >= 0.3 is 5.97 Å². The van der Waals surface area contributed by atoms with Gasteiger partial charge in [0.1, 0.15) is 5.75 Å². The third-order valence-corrected chi connectivity index (χ3v) is 2.13. The van der Waals surface area contributed by atoms with Crippen molar-refractivity contribution in [2.45, 2.75) is 6.42 Å². The summed E-state index contributed by atoms with van der Waals surface area (Å²) in [7, 11) is 0. The Morgan fingerprint density at radius 2 is 2.12 bits per heavy atom. The number of para-hydroxylation sites is 1. The summed E-state index contributed by atoms with van der Waals surface area (Å²) in [5.74, 6) is -0.647. The molecule has 1 aromatic carbocycles. The molecule has 16 heavy (non-hydrogen) atoms. The number of carbonyl (C=O) groups is 1. The second-order valence-corrected chi connectivity index (χ2v) is 3.27. The van der Waals surface area contributed by atoms with Gasteiger partial charge in [0.15, 0.2) is 5.76 Å². The normalized spacial score (nSPS) is 10.2. The third-order valence-electron chi connectivity index (χ3n) is 2.13. The summed E-state index contributed by atoms with van der Waals surface area (Å²) in [6.07, 6.45) is 1.16. The fourth-order valence-corrected chi connectivity index (χ4v) is 1.44. The van der Waals surface area contributed by atoms with E-state index in [1.807, 2.05) is 0 Å². The number of nitrogens with zero attached hydrogens (tertiary/aromatic N) is 1. The minimum absolute atomic E-state index is 0.0332. The Labute approximate surface area is 90.9 Å². The second-order valence-electron chi connectivity index (χ2n) is 3.27. The average Bonchev–Trinajstić information content (AvgIpc) is 2.66. The zero-order chi connectivity index (χ0) is 11.5. The molecule has 0 aliphatic rings. The number of aromatic nitrogens is 1. The van der Waals surface area contributed by atoms with E-state index in [0.29, 0.717) is 16.9 Å². The highest BCUT2D eigenvalue weighted by molar-refractivity contribution is 5.75. The minimum atomic E-state index is -0.972. The molecule has 0 bridgehead atoms. The highest BCUT2D eigenvalue weighted by Gasteiger charge is 2.15. The van der Waals surface area contributed by atoms with Crippen molar-refractivity contribution in [3.05, 3.63) is 36.0 Å². The smallest absolute Gasteiger partial charge is 0.308 e. The van der Waals surface area contributed by atoms with Crippen LogP contribution in [0.1, 0.15) is 5.56 Å². The summed E-state index contributed by atoms with van der Waals surface area (Å²) >= 11 is 0. The van der Waals surface area contributed by atoms with Crippen LogP contribution >= 0.6 is 0 Å². The average molecular weight is 219 g/mol. The summed E-state index contributed by atoms with van der Waals surface area (Å²) in [5, 5.41) is 21.8. The molecule has 2 rings (SSSR count). The van der Waals surface area contributed by atoms with E-state index >= 15 is 0 Å². The molecule has 2 N–H and O–H groups in total. The second kappa shape index (κ2) is 4.06. The molecule has 0 aliphatic heterocycles. The van der Waals surface area contributed by atoms with Crippen LogP contribution in [-0.2, 0) is 11.2 Å². The fraction of sp³-hybridized carbons (Fsp3) is 0.0909. The van der Waals surface area contributed by atoms with E-state index in [0.717, 1.165) is 0 Å². The van der Waals surface area contributed by atoms with Crippen LogP contribution in [0.3, 0.4) is 0 Å². The van der Waals surface area contributed by atoms with Gasteiger partial charge in [-0.3, -0.25) is 4.79 Å². The van der Waals surface area contributed by atoms with Crippen LogP contribution in [0, 0.1) is 0 Å². The van der Waals surface area contributed by atoms with Crippen molar-refractivity contribution in [2.75, 3.05) is 0 Å². The molecule has 0 amide bonds. The predicted molar refractivity (Wildman–Crippen MR) is 54.9 cm³/mol. The molecule has 0 fully saturated rings. The molecule has 0 radical (unpaired) electrons. The van der Waals surface area contributed by atoms with Gasteiger partial charge in [-0.05, 0) is 12.1 Å². The molecule has 2 aromatic rings. The lowest BCUT2D eigenvalue weighted by Gasteiger charge is -2.01. The maximum absolute atomic E-state index is 10.6. The standard InChI is InChI=1S/C11H9NO4/c13-9-4-2-1-3-8(9)11-7(5-10(14)15)6-12-16-11/h1-4,6,13H,5H2,(H,14,15). The summed E-state index contributed by atoms with van der Waals surface area (Å²) in [5.41, 5.74) is 0.880. The van der Waals surface area contributed by atoms with Crippen molar-refractivity contribution in [3.63, 3.8) is 0 Å². The van der Waals surface area contributed by atoms with Gasteiger partial charge in [-0.2, -0.15) is 0 Å². The first kappa shape index (κ1) is 10.2. The Morgan fingerprint density at radius 1 is 1.38 bits per heavy atom. The number of benzene rings is 1. The lowest BCUT2D eigenvalue weighted by atomic mass is 10.1. The van der Waals surface area contributed by atoms with Gasteiger partial charge in [0, 0.05) is 5.56 Å². The molecule has 82 valence electrons. The zero-order valence-corrected chi connectivity index (χ0v) is 8.25. The predicted octanol–water partition coefficient (Wildman–Crippen LogP) is 1.67. The van der Waals surface area contributed by atoms with E-state index in [9.17, 15) is 9.90 Å². The first-order valence-electron chi connectivity index (χ1n) is 4.62. The van der Waals surface area contributed by atoms with Gasteiger partial charge in [0.25, 0.3) is 0 Å². The number of carboxylic acids is 1. The molecule has 1 aromatic heterocycles. The Kier molecular flexibility index (Phi) is 2.59. The van der Waals surface area contributed by atoms with Gasteiger partial charge in [-0.25, -0.2) is 0 Å². The molecular formula is C11H9NO4. The van der Waals surface area contributed by atoms with Crippen LogP contribution < -0.4 is 0 Å². The van der Waals surface area contributed by atoms with E-state index < -0.39 is 5.97 Å². The van der Waals surface area contributed by atoms with Gasteiger partial charge in [0.05, 0.1) is 18.2 Å². The molecule has 0 atom stereocenters. The van der Waals surface area contributed by atoms with E-state index in [-0.39, 0.29) is 12.2 Å². The van der Waals surface area contributed by atoms with Crippen molar-refractivity contribution in [1.82, 2.24) is 5.16 Å². The van der Waals surface area contributed by atoms with E-state index in [1.54, 1.807) is 18.2 Å².